The van der Waals surface area contributed by atoms with Crippen molar-refractivity contribution in [2.75, 3.05) is 7.11 Å². The molecule has 1 aromatic heterocycles. The Labute approximate surface area is 248 Å². The second-order valence-electron chi connectivity index (χ2n) is 10.5. The number of phenolic OH excluding ortho intramolecular Hbond substituents is 2. The Hall–Kier alpha value is -4.33. The number of ether oxygens (including phenoxy) is 3. The fourth-order valence-corrected chi connectivity index (χ4v) is 4.60. The number of methoxy groups -OCH3 is 1. The Morgan fingerprint density at radius 2 is 1.05 bits per heavy atom. The normalized spacial score (nSPS) is 12.5. The summed E-state index contributed by atoms with van der Waals surface area (Å²) in [5.74, 6) is 2.75. The summed E-state index contributed by atoms with van der Waals surface area (Å²) >= 11 is 0. The van der Waals surface area contributed by atoms with E-state index in [2.05, 4.69) is 18.8 Å². The Morgan fingerprint density at radius 3 is 1.45 bits per heavy atom. The fraction of sp³-hybridized carbons (Fsp3) is 0.382. The Bertz CT molecular complexity index is 1370. The van der Waals surface area contributed by atoms with Crippen molar-refractivity contribution in [2.24, 2.45) is 0 Å². The molecule has 0 saturated heterocycles. The lowest BCUT2D eigenvalue weighted by Crippen LogP contribution is -2.11. The van der Waals surface area contributed by atoms with Crippen LogP contribution in [0.15, 0.2) is 60.7 Å². The molecule has 0 bridgehead atoms. The minimum Gasteiger partial charge on any atom is -0.507 e. The van der Waals surface area contributed by atoms with E-state index < -0.39 is 0 Å². The lowest BCUT2D eigenvalue weighted by atomic mass is 10.1. The lowest BCUT2D eigenvalue weighted by Gasteiger charge is -2.16. The highest BCUT2D eigenvalue weighted by Crippen LogP contribution is 2.36. The summed E-state index contributed by atoms with van der Waals surface area (Å²) in [6.07, 6.45) is 6.28. The van der Waals surface area contributed by atoms with Gasteiger partial charge in [-0.2, -0.15) is 0 Å². The third-order valence-corrected chi connectivity index (χ3v) is 7.01. The summed E-state index contributed by atoms with van der Waals surface area (Å²) in [6.45, 7) is 8.34. The summed E-state index contributed by atoms with van der Waals surface area (Å²) in [6, 6.07) is 17.6. The summed E-state index contributed by atoms with van der Waals surface area (Å²) in [5.41, 5.74) is 1.58. The zero-order valence-electron chi connectivity index (χ0n) is 25.1. The van der Waals surface area contributed by atoms with E-state index in [0.717, 1.165) is 44.1 Å². The number of hydrogen-bond acceptors (Lipinski definition) is 8. The number of aromatic hydroxyl groups is 2. The predicted molar refractivity (Wildman–Crippen MR) is 165 cm³/mol. The minimum absolute atomic E-state index is 0.0120. The maximum atomic E-state index is 11.0. The Kier molecular flexibility index (Phi) is 10.6. The average Bonchev–Trinajstić information content (AvgIpc) is 2.99. The molecule has 0 saturated carbocycles. The van der Waals surface area contributed by atoms with Crippen LogP contribution in [0.5, 0.6) is 28.7 Å². The zero-order valence-corrected chi connectivity index (χ0v) is 25.1. The van der Waals surface area contributed by atoms with E-state index in [9.17, 15) is 10.2 Å². The summed E-state index contributed by atoms with van der Waals surface area (Å²) in [4.78, 5) is 14.1. The van der Waals surface area contributed by atoms with Crippen LogP contribution in [0.2, 0.25) is 0 Å². The maximum Gasteiger partial charge on any atom is 0.167 e. The lowest BCUT2D eigenvalue weighted by molar-refractivity contribution is 0.206. The Morgan fingerprint density at radius 1 is 0.619 bits per heavy atom. The standard InChI is InChI=1S/C34H41N3O5/c1-6-8-10-22(3)41-26-16-18-28(30(38)20-26)33-35-32(24-12-14-25(40-5)15-13-24)36-34(37-33)29-19-17-27(21-31(29)39)42-23(4)11-9-7-2/h12-23,38-39H,6-11H2,1-5H3. The monoisotopic (exact) mass is 571 g/mol. The van der Waals surface area contributed by atoms with Crippen molar-refractivity contribution in [1.29, 1.82) is 0 Å². The van der Waals surface area contributed by atoms with Gasteiger partial charge in [-0.25, -0.2) is 15.0 Å². The SMILES string of the molecule is CCCCC(C)Oc1ccc(-c2nc(-c3ccc(OC)cc3)nc(-c3ccc(OC(C)CCCC)cc3O)n2)c(O)c1. The first kappa shape index (κ1) is 30.6. The highest BCUT2D eigenvalue weighted by atomic mass is 16.5. The van der Waals surface area contributed by atoms with E-state index in [1.165, 1.54) is 0 Å². The molecule has 1 heterocycles. The van der Waals surface area contributed by atoms with Crippen molar-refractivity contribution in [3.63, 3.8) is 0 Å². The van der Waals surface area contributed by atoms with Crippen molar-refractivity contribution in [3.8, 4) is 62.9 Å². The topological polar surface area (TPSA) is 107 Å². The second-order valence-corrected chi connectivity index (χ2v) is 10.5. The van der Waals surface area contributed by atoms with Crippen LogP contribution in [0.25, 0.3) is 34.2 Å². The first-order valence-electron chi connectivity index (χ1n) is 14.7. The van der Waals surface area contributed by atoms with Gasteiger partial charge in [-0.3, -0.25) is 0 Å². The van der Waals surface area contributed by atoms with Gasteiger partial charge in [-0.05, 0) is 75.2 Å². The van der Waals surface area contributed by atoms with E-state index in [4.69, 9.17) is 24.2 Å². The minimum atomic E-state index is -0.0120. The molecule has 3 aromatic carbocycles. The molecule has 222 valence electrons. The van der Waals surface area contributed by atoms with E-state index >= 15 is 0 Å². The van der Waals surface area contributed by atoms with Gasteiger partial charge >= 0.3 is 0 Å². The molecule has 42 heavy (non-hydrogen) atoms. The number of aromatic nitrogens is 3. The highest BCUT2D eigenvalue weighted by Gasteiger charge is 2.18. The van der Waals surface area contributed by atoms with E-state index in [-0.39, 0.29) is 35.4 Å². The Balaban J connectivity index is 1.72. The quantitative estimate of drug-likeness (QED) is 0.156. The molecule has 0 spiro atoms. The third kappa shape index (κ3) is 7.90. The van der Waals surface area contributed by atoms with Crippen molar-refractivity contribution in [3.05, 3.63) is 60.7 Å². The van der Waals surface area contributed by atoms with Gasteiger partial charge < -0.3 is 24.4 Å². The van der Waals surface area contributed by atoms with Gasteiger partial charge in [0, 0.05) is 17.7 Å². The number of benzene rings is 3. The molecule has 4 aromatic rings. The van der Waals surface area contributed by atoms with Gasteiger partial charge in [-0.1, -0.05) is 39.5 Å². The molecule has 0 radical (unpaired) electrons. The number of hydrogen-bond donors (Lipinski definition) is 2. The van der Waals surface area contributed by atoms with Crippen LogP contribution in [0.1, 0.15) is 66.2 Å². The van der Waals surface area contributed by atoms with Gasteiger partial charge in [0.25, 0.3) is 0 Å². The predicted octanol–water partition coefficient (Wildman–Crippen LogP) is 8.21. The summed E-state index contributed by atoms with van der Waals surface area (Å²) in [7, 11) is 1.61. The molecule has 2 atom stereocenters. The van der Waals surface area contributed by atoms with Gasteiger partial charge in [0.2, 0.25) is 0 Å². The van der Waals surface area contributed by atoms with Gasteiger partial charge in [0.1, 0.15) is 28.7 Å². The molecule has 8 heteroatoms. The first-order chi connectivity index (χ1) is 20.3. The molecular weight excluding hydrogens is 530 g/mol. The van der Waals surface area contributed by atoms with Gasteiger partial charge in [0.15, 0.2) is 17.5 Å². The average molecular weight is 572 g/mol. The van der Waals surface area contributed by atoms with Crippen LogP contribution in [0.3, 0.4) is 0 Å². The molecule has 4 rings (SSSR count). The van der Waals surface area contributed by atoms with Crippen molar-refractivity contribution >= 4 is 0 Å². The molecule has 2 unspecified atom stereocenters. The van der Waals surface area contributed by atoms with E-state index in [1.807, 2.05) is 38.1 Å². The van der Waals surface area contributed by atoms with E-state index in [0.29, 0.717) is 34.2 Å². The summed E-state index contributed by atoms with van der Waals surface area (Å²) < 4.78 is 17.3. The van der Waals surface area contributed by atoms with Crippen LogP contribution < -0.4 is 14.2 Å². The van der Waals surface area contributed by atoms with Crippen LogP contribution in [0, 0.1) is 0 Å². The molecule has 0 amide bonds. The molecule has 0 aliphatic rings. The van der Waals surface area contributed by atoms with Crippen molar-refractivity contribution in [1.82, 2.24) is 15.0 Å². The van der Waals surface area contributed by atoms with E-state index in [1.54, 1.807) is 43.5 Å². The van der Waals surface area contributed by atoms with Crippen LogP contribution in [-0.2, 0) is 0 Å². The van der Waals surface area contributed by atoms with Crippen molar-refractivity contribution < 1.29 is 24.4 Å². The van der Waals surface area contributed by atoms with Gasteiger partial charge in [0.05, 0.1) is 30.4 Å². The second kappa shape index (κ2) is 14.5. The molecule has 8 nitrogen and oxygen atoms in total. The number of unbranched alkanes of at least 4 members (excludes halogenated alkanes) is 2. The zero-order chi connectivity index (χ0) is 30.1. The fourth-order valence-electron chi connectivity index (χ4n) is 4.60. The molecular formula is C34H41N3O5. The van der Waals surface area contributed by atoms with Crippen molar-refractivity contribution in [2.45, 2.75) is 78.4 Å². The number of nitrogens with zero attached hydrogens (tertiary/aromatic N) is 3. The molecule has 0 fully saturated rings. The number of rotatable bonds is 14. The van der Waals surface area contributed by atoms with Crippen LogP contribution in [-0.4, -0.2) is 44.5 Å². The molecule has 2 N–H and O–H groups in total. The largest absolute Gasteiger partial charge is 0.507 e. The molecule has 0 aliphatic carbocycles. The van der Waals surface area contributed by atoms with Gasteiger partial charge in [-0.15, -0.1) is 0 Å². The third-order valence-electron chi connectivity index (χ3n) is 7.01. The van der Waals surface area contributed by atoms with Crippen LogP contribution >= 0.6 is 0 Å². The number of phenols is 2. The first-order valence-corrected chi connectivity index (χ1v) is 14.7. The van der Waals surface area contributed by atoms with Crippen LogP contribution in [0.4, 0.5) is 0 Å². The maximum absolute atomic E-state index is 11.0. The smallest absolute Gasteiger partial charge is 0.167 e. The molecule has 0 aliphatic heterocycles. The summed E-state index contributed by atoms with van der Waals surface area (Å²) in [5, 5.41) is 22.0. The highest BCUT2D eigenvalue weighted by molar-refractivity contribution is 5.72.